The molecule has 0 radical (unpaired) electrons. The van der Waals surface area contributed by atoms with E-state index in [2.05, 4.69) is 26.3 Å². The molecule has 1 aliphatic rings. The van der Waals surface area contributed by atoms with Crippen molar-refractivity contribution >= 4 is 16.3 Å². The number of rotatable bonds is 3. The minimum absolute atomic E-state index is 0.00168. The molecule has 1 unspecified atom stereocenters. The van der Waals surface area contributed by atoms with Gasteiger partial charge < -0.3 is 5.32 Å². The summed E-state index contributed by atoms with van der Waals surface area (Å²) in [6, 6.07) is 5.98. The predicted molar refractivity (Wildman–Crippen MR) is 94.3 cm³/mol. The zero-order valence-corrected chi connectivity index (χ0v) is 14.3. The molecule has 24 heavy (non-hydrogen) atoms. The second-order valence-electron chi connectivity index (χ2n) is 6.06. The van der Waals surface area contributed by atoms with E-state index in [-0.39, 0.29) is 11.6 Å². The monoisotopic (exact) mass is 341 g/mol. The lowest BCUT2D eigenvalue weighted by molar-refractivity contribution is 0.151. The van der Waals surface area contributed by atoms with Gasteiger partial charge >= 0.3 is 0 Å². The van der Waals surface area contributed by atoms with Gasteiger partial charge in [0.2, 0.25) is 0 Å². The van der Waals surface area contributed by atoms with Crippen molar-refractivity contribution in [2.45, 2.75) is 19.5 Å². The van der Waals surface area contributed by atoms with Crippen LogP contribution in [0.4, 0.5) is 0 Å². The third-order valence-electron chi connectivity index (χ3n) is 4.42. The van der Waals surface area contributed by atoms with Crippen LogP contribution < -0.4 is 10.9 Å². The van der Waals surface area contributed by atoms with E-state index in [1.165, 1.54) is 16.9 Å². The lowest BCUT2D eigenvalue weighted by Crippen LogP contribution is -2.45. The van der Waals surface area contributed by atoms with Crippen molar-refractivity contribution in [1.82, 2.24) is 24.6 Å². The molecular weight excluding hydrogens is 322 g/mol. The fraction of sp³-hybridized carbons (Fsp3) is 0.353. The average molecular weight is 341 g/mol. The highest BCUT2D eigenvalue weighted by molar-refractivity contribution is 7.15. The largest absolute Gasteiger partial charge is 0.314 e. The Morgan fingerprint density at radius 2 is 2.38 bits per heavy atom. The van der Waals surface area contributed by atoms with Crippen LogP contribution in [0.15, 0.2) is 40.8 Å². The van der Waals surface area contributed by atoms with Crippen molar-refractivity contribution in [3.8, 4) is 0 Å². The molecule has 0 bridgehead atoms. The van der Waals surface area contributed by atoms with Gasteiger partial charge in [0.15, 0.2) is 4.96 Å². The Labute approximate surface area is 143 Å². The quantitative estimate of drug-likeness (QED) is 0.784. The fourth-order valence-corrected chi connectivity index (χ4v) is 4.12. The molecule has 6 nitrogen and oxygen atoms in total. The number of thiazole rings is 1. The van der Waals surface area contributed by atoms with Gasteiger partial charge in [0.25, 0.3) is 5.56 Å². The van der Waals surface area contributed by atoms with Gasteiger partial charge in [0.1, 0.15) is 0 Å². The number of nitrogens with one attached hydrogen (secondary N) is 1. The second-order valence-corrected chi connectivity index (χ2v) is 6.89. The van der Waals surface area contributed by atoms with Crippen LogP contribution in [-0.2, 0) is 6.54 Å². The molecule has 124 valence electrons. The van der Waals surface area contributed by atoms with Crippen molar-refractivity contribution < 1.29 is 0 Å². The molecule has 0 aliphatic carbocycles. The number of pyridine rings is 1. The van der Waals surface area contributed by atoms with Gasteiger partial charge in [0.05, 0.1) is 5.69 Å². The molecular formula is C17H19N5OS. The summed E-state index contributed by atoms with van der Waals surface area (Å²) in [5.41, 5.74) is 2.96. The molecule has 3 aromatic rings. The summed E-state index contributed by atoms with van der Waals surface area (Å²) in [7, 11) is 0. The van der Waals surface area contributed by atoms with Gasteiger partial charge in [-0.1, -0.05) is 6.07 Å². The Morgan fingerprint density at radius 3 is 3.21 bits per heavy atom. The maximum Gasteiger partial charge on any atom is 0.259 e. The lowest BCUT2D eigenvalue weighted by atomic mass is 10.1. The summed E-state index contributed by atoms with van der Waals surface area (Å²) in [5, 5.41) is 5.41. The van der Waals surface area contributed by atoms with E-state index < -0.39 is 0 Å². The number of aryl methyl sites for hydroxylation is 1. The predicted octanol–water partition coefficient (Wildman–Crippen LogP) is 1.61. The number of nitrogens with zero attached hydrogens (tertiary/aromatic N) is 4. The lowest BCUT2D eigenvalue weighted by Gasteiger charge is -2.36. The van der Waals surface area contributed by atoms with E-state index in [9.17, 15) is 4.79 Å². The zero-order valence-electron chi connectivity index (χ0n) is 13.5. The topological polar surface area (TPSA) is 62.5 Å². The third kappa shape index (κ3) is 2.86. The van der Waals surface area contributed by atoms with Gasteiger partial charge in [-0.15, -0.1) is 11.3 Å². The van der Waals surface area contributed by atoms with Crippen LogP contribution in [0.25, 0.3) is 4.96 Å². The van der Waals surface area contributed by atoms with Crippen LogP contribution in [0, 0.1) is 6.92 Å². The van der Waals surface area contributed by atoms with Crippen molar-refractivity contribution in [3.05, 3.63) is 63.3 Å². The molecule has 3 aromatic heterocycles. The summed E-state index contributed by atoms with van der Waals surface area (Å²) < 4.78 is 1.67. The highest BCUT2D eigenvalue weighted by atomic mass is 32.1. The highest BCUT2D eigenvalue weighted by Crippen LogP contribution is 2.23. The highest BCUT2D eigenvalue weighted by Gasteiger charge is 2.24. The van der Waals surface area contributed by atoms with Crippen molar-refractivity contribution in [1.29, 1.82) is 0 Å². The average Bonchev–Trinajstić information content (AvgIpc) is 2.98. The molecule has 1 saturated heterocycles. The smallest absolute Gasteiger partial charge is 0.259 e. The summed E-state index contributed by atoms with van der Waals surface area (Å²) in [6.07, 6.45) is 3.71. The number of aromatic nitrogens is 3. The minimum atomic E-state index is 0.00168. The molecule has 1 fully saturated rings. The first-order valence-electron chi connectivity index (χ1n) is 8.04. The first-order valence-corrected chi connectivity index (χ1v) is 8.92. The SMILES string of the molecule is Cc1csc2nc(CN3CCNCC3c3cccnc3)cc(=O)n12. The van der Waals surface area contributed by atoms with Crippen molar-refractivity contribution in [3.63, 3.8) is 0 Å². The fourth-order valence-electron chi connectivity index (χ4n) is 3.23. The van der Waals surface area contributed by atoms with E-state index >= 15 is 0 Å². The Kier molecular flexibility index (Phi) is 4.13. The molecule has 1 atom stereocenters. The Morgan fingerprint density at radius 1 is 1.46 bits per heavy atom. The molecule has 7 heteroatoms. The maximum absolute atomic E-state index is 12.4. The van der Waals surface area contributed by atoms with Gasteiger partial charge in [-0.25, -0.2) is 4.98 Å². The van der Waals surface area contributed by atoms with Crippen LogP contribution in [0.2, 0.25) is 0 Å². The molecule has 4 rings (SSSR count). The number of fused-ring (bicyclic) bond motifs is 1. The minimum Gasteiger partial charge on any atom is -0.314 e. The van der Waals surface area contributed by atoms with E-state index in [4.69, 9.17) is 0 Å². The Balaban J connectivity index is 1.64. The molecule has 0 spiro atoms. The van der Waals surface area contributed by atoms with Crippen LogP contribution in [0.1, 0.15) is 23.0 Å². The van der Waals surface area contributed by atoms with Crippen LogP contribution in [-0.4, -0.2) is 38.9 Å². The molecule has 4 heterocycles. The third-order valence-corrected chi connectivity index (χ3v) is 5.36. The van der Waals surface area contributed by atoms with Crippen LogP contribution in [0.5, 0.6) is 0 Å². The summed E-state index contributed by atoms with van der Waals surface area (Å²) in [4.78, 5) is 24.4. The van der Waals surface area contributed by atoms with Crippen molar-refractivity contribution in [2.24, 2.45) is 0 Å². The van der Waals surface area contributed by atoms with E-state index in [1.807, 2.05) is 24.6 Å². The summed E-state index contributed by atoms with van der Waals surface area (Å²) >= 11 is 1.51. The number of hydrogen-bond acceptors (Lipinski definition) is 6. The van der Waals surface area contributed by atoms with Crippen LogP contribution >= 0.6 is 11.3 Å². The van der Waals surface area contributed by atoms with Gasteiger partial charge in [-0.2, -0.15) is 0 Å². The summed E-state index contributed by atoms with van der Waals surface area (Å²) in [6.45, 7) is 5.34. The molecule has 0 saturated carbocycles. The van der Waals surface area contributed by atoms with Crippen LogP contribution in [0.3, 0.4) is 0 Å². The first kappa shape index (κ1) is 15.4. The van der Waals surface area contributed by atoms with E-state index in [0.717, 1.165) is 36.0 Å². The first-order chi connectivity index (χ1) is 11.7. The van der Waals surface area contributed by atoms with E-state index in [1.54, 1.807) is 16.7 Å². The normalized spacial score (nSPS) is 19.0. The number of hydrogen-bond donors (Lipinski definition) is 1. The van der Waals surface area contributed by atoms with Crippen molar-refractivity contribution in [2.75, 3.05) is 19.6 Å². The zero-order chi connectivity index (χ0) is 16.5. The van der Waals surface area contributed by atoms with Gasteiger partial charge in [-0.05, 0) is 18.6 Å². The molecule has 1 N–H and O–H groups in total. The molecule has 0 aromatic carbocycles. The number of piperazine rings is 1. The van der Waals surface area contributed by atoms with Gasteiger partial charge in [-0.3, -0.25) is 19.1 Å². The maximum atomic E-state index is 12.4. The van der Waals surface area contributed by atoms with E-state index in [0.29, 0.717) is 6.54 Å². The molecule has 1 aliphatic heterocycles. The second kappa shape index (κ2) is 6.43. The Hall–Kier alpha value is -2.09. The summed E-state index contributed by atoms with van der Waals surface area (Å²) in [5.74, 6) is 0. The van der Waals surface area contributed by atoms with Gasteiger partial charge in [0, 0.05) is 61.8 Å². The molecule has 0 amide bonds. The standard InChI is InChI=1S/C17H19N5OS/c1-12-11-24-17-20-14(7-16(23)22(12)17)10-21-6-5-19-9-15(21)13-3-2-4-18-8-13/h2-4,7-8,11,15,19H,5-6,9-10H2,1H3. The Bertz CT molecular complexity index is 904.